The van der Waals surface area contributed by atoms with Crippen molar-refractivity contribution in [1.82, 2.24) is 14.9 Å². The van der Waals surface area contributed by atoms with Crippen LogP contribution in [0.5, 0.6) is 11.5 Å². The number of hydrogen-bond acceptors (Lipinski definition) is 5. The molecule has 0 atom stereocenters. The van der Waals surface area contributed by atoms with Crippen molar-refractivity contribution in [2.45, 2.75) is 0 Å². The minimum atomic E-state index is 0.501. The summed E-state index contributed by atoms with van der Waals surface area (Å²) in [4.78, 5) is 0. The Kier molecular flexibility index (Phi) is 3.88. The molecule has 0 saturated heterocycles. The fourth-order valence-corrected chi connectivity index (χ4v) is 2.70. The van der Waals surface area contributed by atoms with Gasteiger partial charge in [-0.1, -0.05) is 41.9 Å². The van der Waals surface area contributed by atoms with Crippen LogP contribution >= 0.6 is 11.6 Å². The van der Waals surface area contributed by atoms with E-state index in [-0.39, 0.29) is 0 Å². The maximum absolute atomic E-state index is 6.24. The number of halogens is 1. The van der Waals surface area contributed by atoms with Gasteiger partial charge in [-0.05, 0) is 17.7 Å². The van der Waals surface area contributed by atoms with Crippen molar-refractivity contribution >= 4 is 17.8 Å². The molecule has 4 rings (SSSR count). The summed E-state index contributed by atoms with van der Waals surface area (Å²) in [6.07, 6.45) is 3.23. The summed E-state index contributed by atoms with van der Waals surface area (Å²) in [6, 6.07) is 13.4. The lowest BCUT2D eigenvalue weighted by molar-refractivity contribution is 0.171. The molecule has 2 heterocycles. The highest BCUT2D eigenvalue weighted by atomic mass is 35.5. The Morgan fingerprint density at radius 2 is 1.96 bits per heavy atom. The predicted octanol–water partition coefficient (Wildman–Crippen LogP) is 3.25. The molecule has 1 aliphatic heterocycles. The third-order valence-corrected chi connectivity index (χ3v) is 3.79. The molecule has 1 aromatic heterocycles. The molecule has 6 nitrogen and oxygen atoms in total. The molecule has 1 aliphatic rings. The molecule has 7 heteroatoms. The highest BCUT2D eigenvalue weighted by molar-refractivity contribution is 6.32. The van der Waals surface area contributed by atoms with Crippen LogP contribution in [0.15, 0.2) is 53.9 Å². The highest BCUT2D eigenvalue weighted by Gasteiger charge is 2.16. The first kappa shape index (κ1) is 14.7. The second kappa shape index (κ2) is 6.33. The molecule has 2 aromatic carbocycles. The van der Waals surface area contributed by atoms with Crippen molar-refractivity contribution in [3.63, 3.8) is 0 Å². The Morgan fingerprint density at radius 1 is 1.12 bits per heavy atom. The topological polar surface area (TPSA) is 61.5 Å². The van der Waals surface area contributed by atoms with Crippen LogP contribution in [-0.2, 0) is 0 Å². The van der Waals surface area contributed by atoms with Crippen LogP contribution in [0, 0.1) is 0 Å². The van der Waals surface area contributed by atoms with Gasteiger partial charge in [0.1, 0.15) is 19.5 Å². The van der Waals surface area contributed by atoms with Gasteiger partial charge >= 0.3 is 0 Å². The van der Waals surface area contributed by atoms with E-state index in [1.54, 1.807) is 23.3 Å². The summed E-state index contributed by atoms with van der Waals surface area (Å²) >= 11 is 6.24. The summed E-state index contributed by atoms with van der Waals surface area (Å²) in [6.45, 7) is 1.01. The van der Waals surface area contributed by atoms with E-state index >= 15 is 0 Å². The monoisotopic (exact) mass is 340 g/mol. The molecule has 0 spiro atoms. The summed E-state index contributed by atoms with van der Waals surface area (Å²) in [5.41, 5.74) is 1.74. The van der Waals surface area contributed by atoms with Crippen molar-refractivity contribution in [3.8, 4) is 22.9 Å². The third kappa shape index (κ3) is 2.83. The van der Waals surface area contributed by atoms with Gasteiger partial charge < -0.3 is 9.47 Å². The molecule has 0 saturated carbocycles. The SMILES string of the molecule is Clc1cc(/C=N\n2cnnc2-c2ccccc2)cc2c1OCCO2. The van der Waals surface area contributed by atoms with Gasteiger partial charge in [0.2, 0.25) is 0 Å². The van der Waals surface area contributed by atoms with Crippen molar-refractivity contribution in [2.75, 3.05) is 13.2 Å². The van der Waals surface area contributed by atoms with E-state index in [0.717, 1.165) is 11.1 Å². The first-order chi connectivity index (χ1) is 11.8. The lowest BCUT2D eigenvalue weighted by Gasteiger charge is -2.19. The summed E-state index contributed by atoms with van der Waals surface area (Å²) in [7, 11) is 0. The van der Waals surface area contributed by atoms with Gasteiger partial charge in [0, 0.05) is 5.56 Å². The molecular formula is C17H13ClN4O2. The molecule has 120 valence electrons. The number of rotatable bonds is 3. The average Bonchev–Trinajstić information content (AvgIpc) is 3.09. The molecule has 0 fully saturated rings. The zero-order valence-corrected chi connectivity index (χ0v) is 13.3. The van der Waals surface area contributed by atoms with Gasteiger partial charge in [0.15, 0.2) is 17.3 Å². The summed E-state index contributed by atoms with van der Waals surface area (Å²) in [5, 5.41) is 13.0. The second-order valence-corrected chi connectivity index (χ2v) is 5.54. The normalized spacial score (nSPS) is 13.4. The Bertz CT molecular complexity index is 893. The van der Waals surface area contributed by atoms with E-state index in [2.05, 4.69) is 15.3 Å². The van der Waals surface area contributed by atoms with Crippen molar-refractivity contribution < 1.29 is 9.47 Å². The smallest absolute Gasteiger partial charge is 0.184 e. The van der Waals surface area contributed by atoms with Crippen molar-refractivity contribution in [1.29, 1.82) is 0 Å². The van der Waals surface area contributed by atoms with Gasteiger partial charge in [-0.15, -0.1) is 10.2 Å². The van der Waals surface area contributed by atoms with Gasteiger partial charge in [-0.25, -0.2) is 0 Å². The largest absolute Gasteiger partial charge is 0.486 e. The molecule has 0 amide bonds. The number of fused-ring (bicyclic) bond motifs is 1. The second-order valence-electron chi connectivity index (χ2n) is 5.14. The van der Waals surface area contributed by atoms with E-state index in [0.29, 0.717) is 35.6 Å². The molecule has 0 aliphatic carbocycles. The van der Waals surface area contributed by atoms with E-state index in [4.69, 9.17) is 21.1 Å². The van der Waals surface area contributed by atoms with Crippen LogP contribution < -0.4 is 9.47 Å². The first-order valence-electron chi connectivity index (χ1n) is 7.40. The molecular weight excluding hydrogens is 328 g/mol. The Balaban J connectivity index is 1.65. The van der Waals surface area contributed by atoms with Gasteiger partial charge in [-0.3, -0.25) is 0 Å². The van der Waals surface area contributed by atoms with Gasteiger partial charge in [0.05, 0.1) is 11.2 Å². The van der Waals surface area contributed by atoms with Crippen LogP contribution in [-0.4, -0.2) is 34.3 Å². The van der Waals surface area contributed by atoms with Crippen LogP contribution in [0.4, 0.5) is 0 Å². The Morgan fingerprint density at radius 3 is 2.83 bits per heavy atom. The van der Waals surface area contributed by atoms with E-state index < -0.39 is 0 Å². The number of aromatic nitrogens is 3. The first-order valence-corrected chi connectivity index (χ1v) is 7.78. The van der Waals surface area contributed by atoms with Crippen LogP contribution in [0.3, 0.4) is 0 Å². The quantitative estimate of drug-likeness (QED) is 0.687. The van der Waals surface area contributed by atoms with E-state index in [1.165, 1.54) is 0 Å². The Labute approximate surface area is 143 Å². The highest BCUT2D eigenvalue weighted by Crippen LogP contribution is 2.37. The molecule has 0 bridgehead atoms. The summed E-state index contributed by atoms with van der Waals surface area (Å²) in [5.74, 6) is 1.87. The minimum absolute atomic E-state index is 0.501. The number of benzene rings is 2. The lowest BCUT2D eigenvalue weighted by Crippen LogP contribution is -2.15. The van der Waals surface area contributed by atoms with Crippen LogP contribution in [0.2, 0.25) is 5.02 Å². The molecule has 24 heavy (non-hydrogen) atoms. The van der Waals surface area contributed by atoms with Gasteiger partial charge in [0.25, 0.3) is 0 Å². The predicted molar refractivity (Wildman–Crippen MR) is 90.9 cm³/mol. The van der Waals surface area contributed by atoms with Crippen LogP contribution in [0.1, 0.15) is 5.56 Å². The molecule has 0 N–H and O–H groups in total. The maximum Gasteiger partial charge on any atom is 0.184 e. The number of hydrogen-bond donors (Lipinski definition) is 0. The maximum atomic E-state index is 6.24. The average molecular weight is 341 g/mol. The fraction of sp³-hybridized carbons (Fsp3) is 0.118. The standard InChI is InChI=1S/C17H13ClN4O2/c18-14-8-12(9-15-16(14)24-7-6-23-15)10-20-22-11-19-21-17(22)13-4-2-1-3-5-13/h1-5,8-11H,6-7H2/b20-10-. The summed E-state index contributed by atoms with van der Waals surface area (Å²) < 4.78 is 12.7. The molecule has 3 aromatic rings. The third-order valence-electron chi connectivity index (χ3n) is 3.51. The van der Waals surface area contributed by atoms with E-state index in [1.807, 2.05) is 36.4 Å². The minimum Gasteiger partial charge on any atom is -0.486 e. The van der Waals surface area contributed by atoms with Crippen LogP contribution in [0.25, 0.3) is 11.4 Å². The van der Waals surface area contributed by atoms with Crippen molar-refractivity contribution in [3.05, 3.63) is 59.4 Å². The Hall–Kier alpha value is -2.86. The zero-order valence-electron chi connectivity index (χ0n) is 12.6. The van der Waals surface area contributed by atoms with Crippen molar-refractivity contribution in [2.24, 2.45) is 5.10 Å². The van der Waals surface area contributed by atoms with E-state index in [9.17, 15) is 0 Å². The molecule has 0 unspecified atom stereocenters. The fourth-order valence-electron chi connectivity index (χ4n) is 2.43. The van der Waals surface area contributed by atoms with Gasteiger partial charge in [-0.2, -0.15) is 9.78 Å². The zero-order chi connectivity index (χ0) is 16.4. The molecule has 0 radical (unpaired) electrons. The number of nitrogens with zero attached hydrogens (tertiary/aromatic N) is 4. The lowest BCUT2D eigenvalue weighted by atomic mass is 10.2. The number of ether oxygens (including phenoxy) is 2.